The highest BCUT2D eigenvalue weighted by atomic mass is 16.5. The van der Waals surface area contributed by atoms with E-state index in [0.717, 1.165) is 17.3 Å². The average molecular weight is 271 g/mol. The third-order valence-corrected chi connectivity index (χ3v) is 3.07. The first-order chi connectivity index (χ1) is 9.76. The summed E-state index contributed by atoms with van der Waals surface area (Å²) in [6, 6.07) is 9.74. The van der Waals surface area contributed by atoms with E-state index < -0.39 is 0 Å². The predicted octanol–water partition coefficient (Wildman–Crippen LogP) is 1.67. The molecule has 0 radical (unpaired) electrons. The van der Waals surface area contributed by atoms with Crippen LogP contribution in [0.2, 0.25) is 0 Å². The van der Waals surface area contributed by atoms with E-state index in [1.165, 1.54) is 0 Å². The van der Waals surface area contributed by atoms with Crippen molar-refractivity contribution in [2.75, 3.05) is 20.3 Å². The summed E-state index contributed by atoms with van der Waals surface area (Å²) in [5, 5.41) is 12.8. The van der Waals surface area contributed by atoms with Gasteiger partial charge in [-0.2, -0.15) is 5.26 Å². The van der Waals surface area contributed by atoms with Crippen molar-refractivity contribution in [1.82, 2.24) is 9.88 Å². The lowest BCUT2D eigenvalue weighted by atomic mass is 10.2. The van der Waals surface area contributed by atoms with Crippen LogP contribution in [0.1, 0.15) is 12.0 Å². The molecule has 2 rings (SSSR count). The molecule has 0 aliphatic carbocycles. The normalized spacial score (nSPS) is 10.4. The van der Waals surface area contributed by atoms with Crippen LogP contribution in [0, 0.1) is 11.3 Å². The molecule has 0 saturated carbocycles. The number of ether oxygens (including phenoxy) is 1. The molecule has 0 spiro atoms. The van der Waals surface area contributed by atoms with Crippen LogP contribution in [0.5, 0.6) is 0 Å². The van der Waals surface area contributed by atoms with Crippen LogP contribution in [0.25, 0.3) is 10.9 Å². The Balaban J connectivity index is 2.06. The molecule has 0 bridgehead atoms. The quantitative estimate of drug-likeness (QED) is 0.813. The Bertz CT molecular complexity index is 640. The van der Waals surface area contributed by atoms with Crippen LogP contribution in [-0.4, -0.2) is 30.7 Å². The van der Waals surface area contributed by atoms with Crippen LogP contribution in [0.4, 0.5) is 0 Å². The Labute approximate surface area is 117 Å². The van der Waals surface area contributed by atoms with E-state index >= 15 is 0 Å². The van der Waals surface area contributed by atoms with E-state index in [1.54, 1.807) is 17.9 Å². The molecule has 1 N–H and O–H groups in total. The molecular weight excluding hydrogens is 254 g/mol. The monoisotopic (exact) mass is 271 g/mol. The first-order valence-corrected chi connectivity index (χ1v) is 6.50. The number of benzene rings is 1. The van der Waals surface area contributed by atoms with Gasteiger partial charge < -0.3 is 14.6 Å². The number of para-hydroxylation sites is 1. The maximum Gasteiger partial charge on any atom is 0.239 e. The summed E-state index contributed by atoms with van der Waals surface area (Å²) in [5.74, 6) is -0.0636. The number of nitrogens with zero attached hydrogens (tertiary/aromatic N) is 2. The van der Waals surface area contributed by atoms with Gasteiger partial charge in [-0.15, -0.1) is 0 Å². The minimum absolute atomic E-state index is 0.0636. The number of amides is 1. The van der Waals surface area contributed by atoms with Gasteiger partial charge in [0.25, 0.3) is 0 Å². The molecule has 2 aromatic rings. The highest BCUT2D eigenvalue weighted by Crippen LogP contribution is 2.20. The van der Waals surface area contributed by atoms with Gasteiger partial charge in [-0.1, -0.05) is 18.2 Å². The number of nitrogens with one attached hydrogen (secondary N) is 1. The van der Waals surface area contributed by atoms with Crippen LogP contribution in [0.15, 0.2) is 30.5 Å². The van der Waals surface area contributed by atoms with Crippen molar-refractivity contribution in [3.8, 4) is 6.07 Å². The van der Waals surface area contributed by atoms with Crippen molar-refractivity contribution in [2.24, 2.45) is 0 Å². The number of nitriles is 1. The van der Waals surface area contributed by atoms with Crippen LogP contribution >= 0.6 is 0 Å². The predicted molar refractivity (Wildman–Crippen MR) is 76.2 cm³/mol. The lowest BCUT2D eigenvalue weighted by molar-refractivity contribution is -0.121. The van der Waals surface area contributed by atoms with Gasteiger partial charge in [-0.25, -0.2) is 0 Å². The molecular formula is C15H17N3O2. The lowest BCUT2D eigenvalue weighted by Gasteiger charge is -2.07. The molecule has 0 aliphatic rings. The number of hydrogen-bond donors (Lipinski definition) is 1. The zero-order valence-electron chi connectivity index (χ0n) is 11.4. The number of methoxy groups -OCH3 is 1. The van der Waals surface area contributed by atoms with Crippen molar-refractivity contribution in [3.63, 3.8) is 0 Å². The molecule has 0 saturated heterocycles. The highest BCUT2D eigenvalue weighted by molar-refractivity contribution is 5.88. The maximum atomic E-state index is 11.9. The number of aromatic nitrogens is 1. The van der Waals surface area contributed by atoms with Gasteiger partial charge >= 0.3 is 0 Å². The van der Waals surface area contributed by atoms with Gasteiger partial charge in [0.05, 0.1) is 5.56 Å². The van der Waals surface area contributed by atoms with Gasteiger partial charge in [0.2, 0.25) is 5.91 Å². The van der Waals surface area contributed by atoms with Crippen LogP contribution in [-0.2, 0) is 16.1 Å². The average Bonchev–Trinajstić information content (AvgIpc) is 2.82. The van der Waals surface area contributed by atoms with E-state index in [-0.39, 0.29) is 12.5 Å². The van der Waals surface area contributed by atoms with Crippen molar-refractivity contribution in [1.29, 1.82) is 5.26 Å². The fourth-order valence-corrected chi connectivity index (χ4v) is 2.12. The molecule has 0 atom stereocenters. The Morgan fingerprint density at radius 3 is 3.00 bits per heavy atom. The van der Waals surface area contributed by atoms with Crippen LogP contribution in [0.3, 0.4) is 0 Å². The largest absolute Gasteiger partial charge is 0.385 e. The third-order valence-electron chi connectivity index (χ3n) is 3.07. The zero-order chi connectivity index (χ0) is 14.4. The molecule has 0 aliphatic heterocycles. The Hall–Kier alpha value is -2.32. The topological polar surface area (TPSA) is 67.0 Å². The molecule has 0 fully saturated rings. The number of carbonyl (C=O) groups is 1. The lowest BCUT2D eigenvalue weighted by Crippen LogP contribution is -2.28. The van der Waals surface area contributed by atoms with E-state index in [9.17, 15) is 4.79 Å². The molecule has 0 unspecified atom stereocenters. The minimum atomic E-state index is -0.0636. The summed E-state index contributed by atoms with van der Waals surface area (Å²) in [5.41, 5.74) is 1.49. The third kappa shape index (κ3) is 3.16. The molecule has 1 amide bonds. The summed E-state index contributed by atoms with van der Waals surface area (Å²) in [4.78, 5) is 11.9. The summed E-state index contributed by atoms with van der Waals surface area (Å²) < 4.78 is 6.73. The molecule has 20 heavy (non-hydrogen) atoms. The van der Waals surface area contributed by atoms with E-state index in [0.29, 0.717) is 18.7 Å². The molecule has 1 aromatic carbocycles. The van der Waals surface area contributed by atoms with Crippen molar-refractivity contribution < 1.29 is 9.53 Å². The summed E-state index contributed by atoms with van der Waals surface area (Å²) in [6.07, 6.45) is 2.51. The number of carbonyl (C=O) groups excluding carboxylic acids is 1. The minimum Gasteiger partial charge on any atom is -0.385 e. The Morgan fingerprint density at radius 1 is 1.45 bits per heavy atom. The molecule has 1 aromatic heterocycles. The summed E-state index contributed by atoms with van der Waals surface area (Å²) in [6.45, 7) is 1.44. The summed E-state index contributed by atoms with van der Waals surface area (Å²) in [7, 11) is 1.64. The van der Waals surface area contributed by atoms with Crippen LogP contribution < -0.4 is 5.32 Å². The van der Waals surface area contributed by atoms with Gasteiger partial charge in [0, 0.05) is 37.4 Å². The van der Waals surface area contributed by atoms with Crippen molar-refractivity contribution >= 4 is 16.8 Å². The standard InChI is InChI=1S/C15H17N3O2/c1-20-8-4-7-17-15(19)11-18-10-12(9-16)13-5-2-3-6-14(13)18/h2-3,5-6,10H,4,7-8,11H2,1H3,(H,17,19). The molecule has 5 heteroatoms. The van der Waals surface area contributed by atoms with E-state index in [1.807, 2.05) is 24.3 Å². The summed E-state index contributed by atoms with van der Waals surface area (Å²) >= 11 is 0. The highest BCUT2D eigenvalue weighted by Gasteiger charge is 2.10. The second kappa shape index (κ2) is 6.73. The van der Waals surface area contributed by atoms with Gasteiger partial charge in [-0.05, 0) is 12.5 Å². The van der Waals surface area contributed by atoms with Crippen molar-refractivity contribution in [2.45, 2.75) is 13.0 Å². The van der Waals surface area contributed by atoms with E-state index in [2.05, 4.69) is 11.4 Å². The maximum absolute atomic E-state index is 11.9. The molecule has 5 nitrogen and oxygen atoms in total. The first kappa shape index (κ1) is 14.1. The fourth-order valence-electron chi connectivity index (χ4n) is 2.12. The Kier molecular flexibility index (Phi) is 4.75. The van der Waals surface area contributed by atoms with Gasteiger partial charge in [0.15, 0.2) is 0 Å². The first-order valence-electron chi connectivity index (χ1n) is 6.50. The SMILES string of the molecule is COCCCNC(=O)Cn1cc(C#N)c2ccccc21. The van der Waals surface area contributed by atoms with Gasteiger partial charge in [0.1, 0.15) is 12.6 Å². The number of fused-ring (bicyclic) bond motifs is 1. The number of hydrogen-bond acceptors (Lipinski definition) is 3. The van der Waals surface area contributed by atoms with E-state index in [4.69, 9.17) is 10.00 Å². The smallest absolute Gasteiger partial charge is 0.239 e. The number of rotatable bonds is 6. The second-order valence-electron chi connectivity index (χ2n) is 4.50. The molecule has 104 valence electrons. The van der Waals surface area contributed by atoms with Gasteiger partial charge in [-0.3, -0.25) is 4.79 Å². The fraction of sp³-hybridized carbons (Fsp3) is 0.333. The second-order valence-corrected chi connectivity index (χ2v) is 4.50. The van der Waals surface area contributed by atoms with Crippen molar-refractivity contribution in [3.05, 3.63) is 36.0 Å². The molecule has 1 heterocycles. The zero-order valence-corrected chi connectivity index (χ0v) is 11.4. The Morgan fingerprint density at radius 2 is 2.25 bits per heavy atom.